The lowest BCUT2D eigenvalue weighted by atomic mass is 9.80. The fraction of sp³-hybridized carbons (Fsp3) is 0.583. The molecule has 1 aromatic heterocycles. The molecule has 1 saturated heterocycles. The van der Waals surface area contributed by atoms with Crippen molar-refractivity contribution in [1.29, 1.82) is 0 Å². The van der Waals surface area contributed by atoms with E-state index in [4.69, 9.17) is 16.2 Å². The van der Waals surface area contributed by atoms with Gasteiger partial charge < -0.3 is 26.5 Å². The van der Waals surface area contributed by atoms with Crippen LogP contribution in [0.25, 0.3) is 0 Å². The van der Waals surface area contributed by atoms with Gasteiger partial charge in [0.05, 0.1) is 5.56 Å². The first-order valence-corrected chi connectivity index (χ1v) is 6.60. The van der Waals surface area contributed by atoms with Crippen LogP contribution in [0.2, 0.25) is 0 Å². The average molecular weight is 303 g/mol. The number of aliphatic imine (C=N–C) groups is 1. The highest BCUT2D eigenvalue weighted by molar-refractivity contribution is 5.95. The van der Waals surface area contributed by atoms with Gasteiger partial charge >= 0.3 is 6.18 Å². The van der Waals surface area contributed by atoms with Crippen LogP contribution in [0, 0.1) is 5.92 Å². The second kappa shape index (κ2) is 4.63. The van der Waals surface area contributed by atoms with Gasteiger partial charge in [0.1, 0.15) is 11.5 Å². The molecule has 0 radical (unpaired) electrons. The molecule has 0 spiro atoms. The number of hydrogen-bond acceptors (Lipinski definition) is 5. The number of rotatable bonds is 1. The lowest BCUT2D eigenvalue weighted by Gasteiger charge is -2.39. The van der Waals surface area contributed by atoms with Gasteiger partial charge in [0, 0.05) is 30.9 Å². The molecular weight excluding hydrogens is 287 g/mol. The van der Waals surface area contributed by atoms with Crippen molar-refractivity contribution < 1.29 is 17.9 Å². The van der Waals surface area contributed by atoms with Gasteiger partial charge in [-0.3, -0.25) is 0 Å². The number of halogens is 3. The first kappa shape index (κ1) is 14.2. The van der Waals surface area contributed by atoms with Gasteiger partial charge in [0.25, 0.3) is 0 Å². The first-order valence-electron chi connectivity index (χ1n) is 6.60. The number of aromatic nitrogens is 1. The monoisotopic (exact) mass is 303 g/mol. The largest absolute Gasteiger partial charge is 0.418 e. The molecule has 116 valence electrons. The Labute approximate surface area is 118 Å². The lowest BCUT2D eigenvalue weighted by molar-refractivity contribution is -0.139. The van der Waals surface area contributed by atoms with E-state index >= 15 is 0 Å². The summed E-state index contributed by atoms with van der Waals surface area (Å²) in [6, 6.07) is 0. The van der Waals surface area contributed by atoms with Crippen LogP contribution >= 0.6 is 0 Å². The van der Waals surface area contributed by atoms with E-state index in [0.717, 1.165) is 6.20 Å². The number of ether oxygens (including phenoxy) is 1. The van der Waals surface area contributed by atoms with Gasteiger partial charge in [-0.05, 0) is 12.8 Å². The second-order valence-corrected chi connectivity index (χ2v) is 5.28. The zero-order chi connectivity index (χ0) is 15.3. The van der Waals surface area contributed by atoms with Crippen molar-refractivity contribution in [2.24, 2.45) is 22.4 Å². The van der Waals surface area contributed by atoms with Crippen LogP contribution in [0.4, 0.5) is 19.0 Å². The molecule has 6 nitrogen and oxygen atoms in total. The zero-order valence-corrected chi connectivity index (χ0v) is 11.1. The number of nitrogens with two attached hydrogens (primary N) is 2. The number of nitrogens with zero attached hydrogens (tertiary/aromatic N) is 1. The number of alkyl halides is 3. The van der Waals surface area contributed by atoms with E-state index in [-0.39, 0.29) is 23.3 Å². The van der Waals surface area contributed by atoms with Gasteiger partial charge in [0.2, 0.25) is 0 Å². The van der Waals surface area contributed by atoms with Gasteiger partial charge in [-0.2, -0.15) is 13.2 Å². The van der Waals surface area contributed by atoms with Crippen LogP contribution in [-0.4, -0.2) is 24.2 Å². The van der Waals surface area contributed by atoms with Gasteiger partial charge in [-0.15, -0.1) is 0 Å². The number of guanidine groups is 1. The minimum Gasteiger partial charge on any atom is -0.381 e. The van der Waals surface area contributed by atoms with E-state index < -0.39 is 17.4 Å². The predicted molar refractivity (Wildman–Crippen MR) is 70.4 cm³/mol. The Bertz CT molecular complexity index is 576. The molecule has 3 heterocycles. The highest BCUT2D eigenvalue weighted by atomic mass is 19.4. The van der Waals surface area contributed by atoms with Crippen molar-refractivity contribution in [2.45, 2.75) is 24.7 Å². The Morgan fingerprint density at radius 1 is 1.33 bits per heavy atom. The van der Waals surface area contributed by atoms with E-state index in [9.17, 15) is 13.2 Å². The average Bonchev–Trinajstić information content (AvgIpc) is 2.84. The van der Waals surface area contributed by atoms with E-state index in [0.29, 0.717) is 26.1 Å². The Balaban J connectivity index is 2.12. The fourth-order valence-corrected chi connectivity index (χ4v) is 3.01. The summed E-state index contributed by atoms with van der Waals surface area (Å²) in [6.07, 6.45) is -2.54. The Morgan fingerprint density at radius 3 is 2.62 bits per heavy atom. The van der Waals surface area contributed by atoms with Crippen LogP contribution in [0.1, 0.15) is 24.0 Å². The normalized spacial score (nSPS) is 27.0. The van der Waals surface area contributed by atoms with Gasteiger partial charge in [-0.1, -0.05) is 0 Å². The van der Waals surface area contributed by atoms with E-state index in [1.165, 1.54) is 0 Å². The summed E-state index contributed by atoms with van der Waals surface area (Å²) < 4.78 is 44.9. The molecule has 0 aromatic carbocycles. The van der Waals surface area contributed by atoms with Crippen molar-refractivity contribution >= 4 is 11.8 Å². The molecule has 6 N–H and O–H groups in total. The summed E-state index contributed by atoms with van der Waals surface area (Å²) in [4.78, 5) is 6.67. The number of aromatic amines is 1. The molecule has 2 aliphatic rings. The minimum absolute atomic E-state index is 0.00654. The number of fused-ring (bicyclic) bond motifs is 1. The van der Waals surface area contributed by atoms with E-state index in [2.05, 4.69) is 15.3 Å². The third kappa shape index (κ3) is 2.26. The summed E-state index contributed by atoms with van der Waals surface area (Å²) in [6.45, 7) is 0.904. The fourth-order valence-electron chi connectivity index (χ4n) is 3.01. The molecule has 0 amide bonds. The van der Waals surface area contributed by atoms with Crippen molar-refractivity contribution in [3.05, 3.63) is 17.3 Å². The molecule has 1 aromatic rings. The maximum absolute atomic E-state index is 13.2. The quantitative estimate of drug-likeness (QED) is 0.628. The predicted octanol–water partition coefficient (Wildman–Crippen LogP) is 1.31. The Hall–Kier alpha value is -1.74. The molecule has 0 saturated carbocycles. The Kier molecular flexibility index (Phi) is 3.14. The summed E-state index contributed by atoms with van der Waals surface area (Å²) in [5.74, 6) is -0.0987. The SMILES string of the molecule is NC1=NC(N)(C2CCOCC2)c2c(C(F)(F)F)c[nH]c2N1. The number of hydrogen-bond donors (Lipinski definition) is 4. The molecule has 1 fully saturated rings. The number of H-pyrrole nitrogens is 1. The molecule has 2 aliphatic heterocycles. The van der Waals surface area contributed by atoms with Crippen LogP contribution in [-0.2, 0) is 16.6 Å². The minimum atomic E-state index is -4.51. The van der Waals surface area contributed by atoms with Crippen LogP contribution in [0.5, 0.6) is 0 Å². The lowest BCUT2D eigenvalue weighted by Crippen LogP contribution is -2.50. The van der Waals surface area contributed by atoms with Crippen molar-refractivity contribution in [3.8, 4) is 0 Å². The van der Waals surface area contributed by atoms with Crippen molar-refractivity contribution in [1.82, 2.24) is 4.98 Å². The maximum Gasteiger partial charge on any atom is 0.418 e. The van der Waals surface area contributed by atoms with E-state index in [1.807, 2.05) is 0 Å². The van der Waals surface area contributed by atoms with Gasteiger partial charge in [-0.25, -0.2) is 4.99 Å². The topological polar surface area (TPSA) is 101 Å². The standard InChI is InChI=1S/C12H16F3N5O/c13-12(14,15)7-5-18-9-8(7)11(17,20-10(16)19-9)6-1-3-21-4-2-6/h5-6,18H,1-4,17H2,(H3,16,19,20). The number of anilines is 1. The van der Waals surface area contributed by atoms with Crippen molar-refractivity contribution in [3.63, 3.8) is 0 Å². The molecule has 9 heteroatoms. The summed E-state index contributed by atoms with van der Waals surface area (Å²) in [5, 5.41) is 2.61. The maximum atomic E-state index is 13.2. The van der Waals surface area contributed by atoms with Crippen molar-refractivity contribution in [2.75, 3.05) is 18.5 Å². The van der Waals surface area contributed by atoms with E-state index in [1.54, 1.807) is 0 Å². The molecule has 3 rings (SSSR count). The third-order valence-electron chi connectivity index (χ3n) is 3.99. The smallest absolute Gasteiger partial charge is 0.381 e. The molecule has 1 atom stereocenters. The number of nitrogens with one attached hydrogen (secondary N) is 2. The van der Waals surface area contributed by atoms with Crippen LogP contribution in [0.15, 0.2) is 11.2 Å². The van der Waals surface area contributed by atoms with Crippen LogP contribution in [0.3, 0.4) is 0 Å². The summed E-state index contributed by atoms with van der Waals surface area (Å²) in [7, 11) is 0. The molecular formula is C12H16F3N5O. The second-order valence-electron chi connectivity index (χ2n) is 5.28. The highest BCUT2D eigenvalue weighted by Crippen LogP contribution is 2.46. The van der Waals surface area contributed by atoms with Crippen LogP contribution < -0.4 is 16.8 Å². The molecule has 1 unspecified atom stereocenters. The zero-order valence-electron chi connectivity index (χ0n) is 11.1. The molecule has 0 bridgehead atoms. The molecule has 21 heavy (non-hydrogen) atoms. The summed E-state index contributed by atoms with van der Waals surface area (Å²) >= 11 is 0. The summed E-state index contributed by atoms with van der Waals surface area (Å²) in [5.41, 5.74) is 9.59. The first-order chi connectivity index (χ1) is 9.82. The highest BCUT2D eigenvalue weighted by Gasteiger charge is 2.49. The molecule has 0 aliphatic carbocycles. The Morgan fingerprint density at radius 2 is 2.00 bits per heavy atom. The van der Waals surface area contributed by atoms with Gasteiger partial charge in [0.15, 0.2) is 5.96 Å². The third-order valence-corrected chi connectivity index (χ3v) is 3.99.